The van der Waals surface area contributed by atoms with Gasteiger partial charge in [-0.15, -0.1) is 0 Å². The third-order valence-electron chi connectivity index (χ3n) is 6.91. The summed E-state index contributed by atoms with van der Waals surface area (Å²) in [4.78, 5) is 18.3. The molecular formula is C25H32FN7. The van der Waals surface area contributed by atoms with Gasteiger partial charge in [-0.1, -0.05) is 13.0 Å². The standard InChI is InChI=1S/C25H32FN7/c1-25(6-3-7-27-16-25)17-30-24-23-21(28-8-9-29-23)15-20(31-24)18-4-5-22(19(26)14-18)33-12-10-32(2)11-13-33/h4-5,8-9,14-15,27H,3,6-7,10-13,16-17H2,1-2H3,(H,30,31). The lowest BCUT2D eigenvalue weighted by molar-refractivity contribution is 0.253. The fraction of sp³-hybridized carbons (Fsp3) is 0.480. The maximum Gasteiger partial charge on any atom is 0.154 e. The van der Waals surface area contributed by atoms with Gasteiger partial charge < -0.3 is 20.4 Å². The Morgan fingerprint density at radius 1 is 1.12 bits per heavy atom. The minimum atomic E-state index is -0.214. The molecule has 3 aromatic rings. The molecule has 7 nitrogen and oxygen atoms in total. The Morgan fingerprint density at radius 2 is 1.94 bits per heavy atom. The number of aromatic nitrogens is 3. The van der Waals surface area contributed by atoms with Crippen LogP contribution in [0.3, 0.4) is 0 Å². The van der Waals surface area contributed by atoms with E-state index in [1.54, 1.807) is 18.5 Å². The third kappa shape index (κ3) is 4.77. The molecule has 33 heavy (non-hydrogen) atoms. The normalized spacial score (nSPS) is 22.0. The molecule has 0 amide bonds. The monoisotopic (exact) mass is 449 g/mol. The Morgan fingerprint density at radius 3 is 2.70 bits per heavy atom. The Balaban J connectivity index is 1.44. The first-order chi connectivity index (χ1) is 16.0. The van der Waals surface area contributed by atoms with Crippen LogP contribution in [0.25, 0.3) is 22.3 Å². The van der Waals surface area contributed by atoms with Gasteiger partial charge in [0.1, 0.15) is 11.3 Å². The first kappa shape index (κ1) is 22.0. The van der Waals surface area contributed by atoms with Crippen LogP contribution < -0.4 is 15.5 Å². The number of halogens is 1. The third-order valence-corrected chi connectivity index (χ3v) is 6.91. The number of pyridine rings is 1. The van der Waals surface area contributed by atoms with Crippen LogP contribution >= 0.6 is 0 Å². The van der Waals surface area contributed by atoms with E-state index >= 15 is 4.39 Å². The summed E-state index contributed by atoms with van der Waals surface area (Å²) in [7, 11) is 2.10. The van der Waals surface area contributed by atoms with Crippen LogP contribution in [0.2, 0.25) is 0 Å². The van der Waals surface area contributed by atoms with Gasteiger partial charge in [-0.05, 0) is 50.0 Å². The smallest absolute Gasteiger partial charge is 0.154 e. The molecule has 1 atom stereocenters. The van der Waals surface area contributed by atoms with Gasteiger partial charge >= 0.3 is 0 Å². The number of piperidine rings is 1. The van der Waals surface area contributed by atoms with Crippen molar-refractivity contribution in [3.05, 3.63) is 42.5 Å². The summed E-state index contributed by atoms with van der Waals surface area (Å²) >= 11 is 0. The zero-order valence-electron chi connectivity index (χ0n) is 19.4. The van der Waals surface area contributed by atoms with E-state index in [-0.39, 0.29) is 11.2 Å². The SMILES string of the molecule is CN1CCN(c2ccc(-c3cc4nccnc4c(NCC4(C)CCCNC4)n3)cc2F)CC1. The first-order valence-corrected chi connectivity index (χ1v) is 11.8. The minimum Gasteiger partial charge on any atom is -0.368 e. The molecule has 0 saturated carbocycles. The Kier molecular flexibility index (Phi) is 6.12. The van der Waals surface area contributed by atoms with Crippen LogP contribution in [0.15, 0.2) is 36.7 Å². The molecule has 1 unspecified atom stereocenters. The second-order valence-corrected chi connectivity index (χ2v) is 9.68. The molecule has 0 spiro atoms. The van der Waals surface area contributed by atoms with E-state index in [4.69, 9.17) is 4.98 Å². The van der Waals surface area contributed by atoms with Gasteiger partial charge in [-0.25, -0.2) is 14.4 Å². The van der Waals surface area contributed by atoms with E-state index in [9.17, 15) is 0 Å². The highest BCUT2D eigenvalue weighted by Crippen LogP contribution is 2.31. The summed E-state index contributed by atoms with van der Waals surface area (Å²) in [6.07, 6.45) is 5.70. The largest absolute Gasteiger partial charge is 0.368 e. The highest BCUT2D eigenvalue weighted by Gasteiger charge is 2.27. The summed E-state index contributed by atoms with van der Waals surface area (Å²) in [6.45, 7) is 8.67. The van der Waals surface area contributed by atoms with Gasteiger partial charge in [0.15, 0.2) is 5.82 Å². The molecule has 0 bridgehead atoms. The molecule has 2 N–H and O–H groups in total. The van der Waals surface area contributed by atoms with Crippen LogP contribution in [0, 0.1) is 11.2 Å². The van der Waals surface area contributed by atoms with Gasteiger partial charge in [0, 0.05) is 57.2 Å². The Hall–Kier alpha value is -2.84. The lowest BCUT2D eigenvalue weighted by Gasteiger charge is -2.34. The second-order valence-electron chi connectivity index (χ2n) is 9.68. The average Bonchev–Trinajstić information content (AvgIpc) is 2.83. The van der Waals surface area contributed by atoms with Crippen molar-refractivity contribution in [1.82, 2.24) is 25.2 Å². The predicted molar refractivity (Wildman–Crippen MR) is 131 cm³/mol. The molecule has 0 aliphatic carbocycles. The van der Waals surface area contributed by atoms with E-state index in [2.05, 4.69) is 44.4 Å². The van der Waals surface area contributed by atoms with Gasteiger partial charge in [0.25, 0.3) is 0 Å². The van der Waals surface area contributed by atoms with Gasteiger partial charge in [0.2, 0.25) is 0 Å². The minimum absolute atomic E-state index is 0.154. The van der Waals surface area contributed by atoms with Crippen LogP contribution in [-0.2, 0) is 0 Å². The molecule has 2 aliphatic heterocycles. The Labute approximate surface area is 194 Å². The molecule has 2 saturated heterocycles. The number of anilines is 2. The number of hydrogen-bond donors (Lipinski definition) is 2. The fourth-order valence-corrected chi connectivity index (χ4v) is 4.78. The maximum absolute atomic E-state index is 15.1. The van der Waals surface area contributed by atoms with Crippen molar-refractivity contribution in [3.8, 4) is 11.3 Å². The molecule has 2 aliphatic rings. The lowest BCUT2D eigenvalue weighted by Crippen LogP contribution is -2.44. The number of nitrogens with one attached hydrogen (secondary N) is 2. The molecule has 174 valence electrons. The number of hydrogen-bond acceptors (Lipinski definition) is 7. The molecular weight excluding hydrogens is 417 g/mol. The first-order valence-electron chi connectivity index (χ1n) is 11.8. The highest BCUT2D eigenvalue weighted by atomic mass is 19.1. The van der Waals surface area contributed by atoms with Gasteiger partial charge in [0.05, 0.1) is 16.9 Å². The van der Waals surface area contributed by atoms with E-state index in [0.717, 1.165) is 68.8 Å². The summed E-state index contributed by atoms with van der Waals surface area (Å²) < 4.78 is 15.1. The maximum atomic E-state index is 15.1. The number of nitrogens with zero attached hydrogens (tertiary/aromatic N) is 5. The van der Waals surface area contributed by atoms with E-state index < -0.39 is 0 Å². The highest BCUT2D eigenvalue weighted by molar-refractivity contribution is 5.88. The van der Waals surface area contributed by atoms with E-state index in [1.165, 1.54) is 6.42 Å². The van der Waals surface area contributed by atoms with Gasteiger partial charge in [-0.3, -0.25) is 4.98 Å². The van der Waals surface area contributed by atoms with Crippen molar-refractivity contribution < 1.29 is 4.39 Å². The fourth-order valence-electron chi connectivity index (χ4n) is 4.78. The number of likely N-dealkylation sites (N-methyl/N-ethyl adjacent to an activating group) is 1. The summed E-state index contributed by atoms with van der Waals surface area (Å²) in [6, 6.07) is 7.31. The molecule has 8 heteroatoms. The number of piperazine rings is 1. The van der Waals surface area contributed by atoms with Crippen molar-refractivity contribution in [1.29, 1.82) is 0 Å². The quantitative estimate of drug-likeness (QED) is 0.619. The lowest BCUT2D eigenvalue weighted by atomic mass is 9.83. The van der Waals surface area contributed by atoms with E-state index in [1.807, 2.05) is 18.2 Å². The molecule has 2 fully saturated rings. The van der Waals surface area contributed by atoms with Crippen molar-refractivity contribution in [2.75, 3.05) is 63.1 Å². The van der Waals surface area contributed by atoms with Crippen LogP contribution in [0.1, 0.15) is 19.8 Å². The number of benzene rings is 1. The number of rotatable bonds is 5. The topological polar surface area (TPSA) is 69.2 Å². The number of fused-ring (bicyclic) bond motifs is 1. The molecule has 4 heterocycles. The van der Waals surface area contributed by atoms with Crippen LogP contribution in [0.4, 0.5) is 15.9 Å². The van der Waals surface area contributed by atoms with Crippen molar-refractivity contribution in [3.63, 3.8) is 0 Å². The molecule has 5 rings (SSSR count). The van der Waals surface area contributed by atoms with Crippen molar-refractivity contribution in [2.45, 2.75) is 19.8 Å². The summed E-state index contributed by atoms with van der Waals surface area (Å²) in [5, 5.41) is 7.02. The van der Waals surface area contributed by atoms with Crippen molar-refractivity contribution >= 4 is 22.5 Å². The zero-order chi connectivity index (χ0) is 22.8. The van der Waals surface area contributed by atoms with E-state index in [0.29, 0.717) is 17.2 Å². The van der Waals surface area contributed by atoms with Crippen LogP contribution in [0.5, 0.6) is 0 Å². The second kappa shape index (κ2) is 9.19. The average molecular weight is 450 g/mol. The zero-order valence-corrected chi connectivity index (χ0v) is 19.4. The van der Waals surface area contributed by atoms with Crippen LogP contribution in [-0.4, -0.2) is 72.7 Å². The van der Waals surface area contributed by atoms with Crippen molar-refractivity contribution in [2.24, 2.45) is 5.41 Å². The summed E-state index contributed by atoms with van der Waals surface area (Å²) in [5.41, 5.74) is 3.74. The van der Waals surface area contributed by atoms with Gasteiger partial charge in [-0.2, -0.15) is 0 Å². The predicted octanol–water partition coefficient (Wildman–Crippen LogP) is 3.38. The molecule has 0 radical (unpaired) electrons. The molecule has 2 aromatic heterocycles. The Bertz CT molecular complexity index is 1120. The summed E-state index contributed by atoms with van der Waals surface area (Å²) in [5.74, 6) is 0.486. The molecule has 1 aromatic carbocycles.